The quantitative estimate of drug-likeness (QED) is 0.899. The van der Waals surface area contributed by atoms with Gasteiger partial charge in [0, 0.05) is 16.9 Å². The van der Waals surface area contributed by atoms with Crippen molar-refractivity contribution >= 4 is 23.3 Å². The van der Waals surface area contributed by atoms with Crippen molar-refractivity contribution in [1.82, 2.24) is 4.98 Å². The minimum absolute atomic E-state index is 0.154. The molecule has 0 amide bonds. The topological polar surface area (TPSA) is 62.2 Å². The highest BCUT2D eigenvalue weighted by Gasteiger charge is 2.10. The van der Waals surface area contributed by atoms with E-state index in [2.05, 4.69) is 10.3 Å². The van der Waals surface area contributed by atoms with Gasteiger partial charge in [0.2, 0.25) is 0 Å². The molecule has 0 aliphatic carbocycles. The molecule has 0 spiro atoms. The Balaban J connectivity index is 2.20. The summed E-state index contributed by atoms with van der Waals surface area (Å²) in [5.41, 5.74) is 2.62. The molecule has 1 heterocycles. The monoisotopic (exact) mass is 276 g/mol. The van der Waals surface area contributed by atoms with Crippen molar-refractivity contribution in [2.45, 2.75) is 13.5 Å². The molecule has 2 N–H and O–H groups in total. The molecule has 0 unspecified atom stereocenters. The van der Waals surface area contributed by atoms with Crippen LogP contribution in [0.15, 0.2) is 36.5 Å². The molecule has 1 aromatic carbocycles. The first-order valence-corrected chi connectivity index (χ1v) is 6.13. The summed E-state index contributed by atoms with van der Waals surface area (Å²) in [6.07, 6.45) is 1.71. The third kappa shape index (κ3) is 3.23. The molecular weight excluding hydrogens is 264 g/mol. The molecule has 1 aromatic heterocycles. The average Bonchev–Trinajstić information content (AvgIpc) is 2.38. The maximum absolute atomic E-state index is 11.1. The number of halogens is 1. The van der Waals surface area contributed by atoms with Gasteiger partial charge in [-0.05, 0) is 36.8 Å². The molecule has 0 saturated heterocycles. The van der Waals surface area contributed by atoms with E-state index in [0.29, 0.717) is 17.3 Å². The minimum Gasteiger partial charge on any atom is -0.478 e. The van der Waals surface area contributed by atoms with E-state index in [4.69, 9.17) is 16.7 Å². The zero-order valence-electron chi connectivity index (χ0n) is 10.4. The van der Waals surface area contributed by atoms with Gasteiger partial charge in [-0.2, -0.15) is 0 Å². The Morgan fingerprint density at radius 3 is 2.89 bits per heavy atom. The number of pyridine rings is 1. The van der Waals surface area contributed by atoms with Crippen LogP contribution in [-0.2, 0) is 6.54 Å². The molecule has 4 nitrogen and oxygen atoms in total. The van der Waals surface area contributed by atoms with E-state index in [9.17, 15) is 4.79 Å². The summed E-state index contributed by atoms with van der Waals surface area (Å²) in [5, 5.41) is 12.6. The Bertz CT molecular complexity index is 614. The molecule has 0 aliphatic heterocycles. The highest BCUT2D eigenvalue weighted by atomic mass is 35.5. The van der Waals surface area contributed by atoms with Crippen molar-refractivity contribution in [2.24, 2.45) is 0 Å². The molecule has 2 rings (SSSR count). The summed E-state index contributed by atoms with van der Waals surface area (Å²) >= 11 is 5.80. The van der Waals surface area contributed by atoms with Crippen LogP contribution in [0.5, 0.6) is 0 Å². The summed E-state index contributed by atoms with van der Waals surface area (Å²) in [6, 6.07) is 8.57. The fourth-order valence-electron chi connectivity index (χ4n) is 1.73. The van der Waals surface area contributed by atoms with Crippen LogP contribution >= 0.6 is 11.6 Å². The van der Waals surface area contributed by atoms with Crippen LogP contribution in [-0.4, -0.2) is 16.1 Å². The number of anilines is 1. The lowest BCUT2D eigenvalue weighted by atomic mass is 10.1. The summed E-state index contributed by atoms with van der Waals surface area (Å²) < 4.78 is 0. The first kappa shape index (κ1) is 13.4. The van der Waals surface area contributed by atoms with Crippen molar-refractivity contribution < 1.29 is 9.90 Å². The number of benzene rings is 1. The van der Waals surface area contributed by atoms with E-state index in [1.54, 1.807) is 18.3 Å². The Labute approximate surface area is 116 Å². The van der Waals surface area contributed by atoms with Gasteiger partial charge in [-0.3, -0.25) is 4.98 Å². The first-order valence-electron chi connectivity index (χ1n) is 5.75. The number of carboxylic acid groups (broad SMARTS) is 1. The number of rotatable bonds is 4. The molecule has 0 radical (unpaired) electrons. The van der Waals surface area contributed by atoms with E-state index in [-0.39, 0.29) is 5.56 Å². The SMILES string of the molecule is Cc1cccnc1CNc1ccc(Cl)cc1C(=O)O. The van der Waals surface area contributed by atoms with Gasteiger partial charge in [-0.15, -0.1) is 0 Å². The molecular formula is C14H13ClN2O2. The zero-order chi connectivity index (χ0) is 13.8. The van der Waals surface area contributed by atoms with Crippen LogP contribution in [0.3, 0.4) is 0 Å². The van der Waals surface area contributed by atoms with Gasteiger partial charge in [0.25, 0.3) is 0 Å². The van der Waals surface area contributed by atoms with Crippen molar-refractivity contribution in [1.29, 1.82) is 0 Å². The Hall–Kier alpha value is -2.07. The van der Waals surface area contributed by atoms with Gasteiger partial charge in [0.1, 0.15) is 0 Å². The second kappa shape index (κ2) is 5.71. The molecule has 0 bridgehead atoms. The molecule has 5 heteroatoms. The normalized spacial score (nSPS) is 10.2. The van der Waals surface area contributed by atoms with E-state index in [0.717, 1.165) is 11.3 Å². The average molecular weight is 277 g/mol. The lowest BCUT2D eigenvalue weighted by Gasteiger charge is -2.10. The number of aryl methyl sites for hydroxylation is 1. The van der Waals surface area contributed by atoms with E-state index in [1.807, 2.05) is 19.1 Å². The van der Waals surface area contributed by atoms with Gasteiger partial charge in [0.15, 0.2) is 0 Å². The second-order valence-corrected chi connectivity index (χ2v) is 4.55. The van der Waals surface area contributed by atoms with Crippen LogP contribution in [0.4, 0.5) is 5.69 Å². The smallest absolute Gasteiger partial charge is 0.337 e. The largest absolute Gasteiger partial charge is 0.478 e. The third-order valence-corrected chi connectivity index (χ3v) is 3.01. The molecule has 0 aliphatic rings. The maximum atomic E-state index is 11.1. The van der Waals surface area contributed by atoms with Crippen LogP contribution < -0.4 is 5.32 Å². The predicted octanol–water partition coefficient (Wildman–Crippen LogP) is 3.35. The molecule has 19 heavy (non-hydrogen) atoms. The highest BCUT2D eigenvalue weighted by molar-refractivity contribution is 6.31. The van der Waals surface area contributed by atoms with Gasteiger partial charge >= 0.3 is 5.97 Å². The Kier molecular flexibility index (Phi) is 4.02. The van der Waals surface area contributed by atoms with Crippen molar-refractivity contribution in [3.8, 4) is 0 Å². The number of aromatic carboxylic acids is 1. The number of carboxylic acids is 1. The number of nitrogens with zero attached hydrogens (tertiary/aromatic N) is 1. The van der Waals surface area contributed by atoms with Gasteiger partial charge in [-0.1, -0.05) is 17.7 Å². The van der Waals surface area contributed by atoms with Crippen LogP contribution in [0.2, 0.25) is 5.02 Å². The first-order chi connectivity index (χ1) is 9.08. The van der Waals surface area contributed by atoms with Crippen molar-refractivity contribution in [3.63, 3.8) is 0 Å². The maximum Gasteiger partial charge on any atom is 0.337 e. The van der Waals surface area contributed by atoms with Gasteiger partial charge in [-0.25, -0.2) is 4.79 Å². The molecule has 2 aromatic rings. The van der Waals surface area contributed by atoms with Gasteiger partial charge in [0.05, 0.1) is 17.8 Å². The third-order valence-electron chi connectivity index (χ3n) is 2.78. The Morgan fingerprint density at radius 1 is 1.42 bits per heavy atom. The summed E-state index contributed by atoms with van der Waals surface area (Å²) in [7, 11) is 0. The lowest BCUT2D eigenvalue weighted by molar-refractivity contribution is 0.0698. The van der Waals surface area contributed by atoms with E-state index < -0.39 is 5.97 Å². The lowest BCUT2D eigenvalue weighted by Crippen LogP contribution is -2.08. The molecule has 0 fully saturated rings. The summed E-state index contributed by atoms with van der Waals surface area (Å²) in [5.74, 6) is -1.01. The van der Waals surface area contributed by atoms with Crippen LogP contribution in [0.1, 0.15) is 21.6 Å². The van der Waals surface area contributed by atoms with Crippen LogP contribution in [0, 0.1) is 6.92 Å². The fraction of sp³-hybridized carbons (Fsp3) is 0.143. The second-order valence-electron chi connectivity index (χ2n) is 4.12. The molecule has 0 atom stereocenters. The minimum atomic E-state index is -1.01. The molecule has 98 valence electrons. The van der Waals surface area contributed by atoms with E-state index >= 15 is 0 Å². The zero-order valence-corrected chi connectivity index (χ0v) is 11.1. The van der Waals surface area contributed by atoms with E-state index in [1.165, 1.54) is 6.07 Å². The molecule has 0 saturated carbocycles. The standard InChI is InChI=1S/C14H13ClN2O2/c1-9-3-2-6-16-13(9)8-17-12-5-4-10(15)7-11(12)14(18)19/h2-7,17H,8H2,1H3,(H,18,19). The summed E-state index contributed by atoms with van der Waals surface area (Å²) in [6.45, 7) is 2.43. The number of hydrogen-bond acceptors (Lipinski definition) is 3. The fourth-order valence-corrected chi connectivity index (χ4v) is 1.90. The van der Waals surface area contributed by atoms with Crippen molar-refractivity contribution in [3.05, 3.63) is 58.4 Å². The number of nitrogens with one attached hydrogen (secondary N) is 1. The van der Waals surface area contributed by atoms with Crippen LogP contribution in [0.25, 0.3) is 0 Å². The summed E-state index contributed by atoms with van der Waals surface area (Å²) in [4.78, 5) is 15.4. The van der Waals surface area contributed by atoms with Crippen molar-refractivity contribution in [2.75, 3.05) is 5.32 Å². The number of aromatic nitrogens is 1. The Morgan fingerprint density at radius 2 is 2.21 bits per heavy atom. The predicted molar refractivity (Wildman–Crippen MR) is 74.7 cm³/mol. The number of carbonyl (C=O) groups is 1. The highest BCUT2D eigenvalue weighted by Crippen LogP contribution is 2.21. The number of hydrogen-bond donors (Lipinski definition) is 2. The van der Waals surface area contributed by atoms with Gasteiger partial charge < -0.3 is 10.4 Å².